The van der Waals surface area contributed by atoms with Crippen molar-refractivity contribution in [2.75, 3.05) is 39.3 Å². The second-order valence-corrected chi connectivity index (χ2v) is 10.6. The van der Waals surface area contributed by atoms with Gasteiger partial charge in [0.15, 0.2) is 0 Å². The van der Waals surface area contributed by atoms with Gasteiger partial charge in [0.25, 0.3) is 5.91 Å². The van der Waals surface area contributed by atoms with Crippen molar-refractivity contribution in [1.29, 1.82) is 0 Å². The van der Waals surface area contributed by atoms with E-state index in [2.05, 4.69) is 27.2 Å². The molecule has 5 rings (SSSR count). The number of fused-ring (bicyclic) bond motifs is 2. The van der Waals surface area contributed by atoms with Crippen molar-refractivity contribution in [2.45, 2.75) is 39.5 Å². The zero-order valence-corrected chi connectivity index (χ0v) is 21.2. The van der Waals surface area contributed by atoms with Crippen LogP contribution in [0.1, 0.15) is 42.3 Å². The van der Waals surface area contributed by atoms with Crippen LogP contribution < -0.4 is 5.32 Å². The van der Waals surface area contributed by atoms with Crippen molar-refractivity contribution in [2.24, 2.45) is 0 Å². The summed E-state index contributed by atoms with van der Waals surface area (Å²) in [5, 5.41) is 13.0. The number of carbonyl (C=O) groups is 2. The lowest BCUT2D eigenvalue weighted by Gasteiger charge is -2.34. The smallest absolute Gasteiger partial charge is 0.419 e. The number of β-amino-alcohol motifs (C(OH)–C–C–N with tert-alkyl or cyclic N) is 1. The number of rotatable bonds is 5. The summed E-state index contributed by atoms with van der Waals surface area (Å²) >= 11 is 0. The fourth-order valence-electron chi connectivity index (χ4n) is 5.13. The highest BCUT2D eigenvalue weighted by atomic mass is 16.6. The summed E-state index contributed by atoms with van der Waals surface area (Å²) < 4.78 is 7.37. The average molecular weight is 491 g/mol. The van der Waals surface area contributed by atoms with Crippen molar-refractivity contribution in [1.82, 2.24) is 19.7 Å². The molecule has 1 aromatic heterocycles. The summed E-state index contributed by atoms with van der Waals surface area (Å²) in [7, 11) is 0. The van der Waals surface area contributed by atoms with E-state index >= 15 is 0 Å². The lowest BCUT2D eigenvalue weighted by Crippen LogP contribution is -2.46. The minimum Gasteiger partial charge on any atom is -0.443 e. The molecule has 8 nitrogen and oxygen atoms in total. The number of benzene rings is 2. The quantitative estimate of drug-likeness (QED) is 0.570. The molecule has 0 unspecified atom stereocenters. The molecule has 0 aliphatic carbocycles. The van der Waals surface area contributed by atoms with E-state index in [1.807, 2.05) is 51.1 Å². The summed E-state index contributed by atoms with van der Waals surface area (Å²) in [4.78, 5) is 30.8. The van der Waals surface area contributed by atoms with Gasteiger partial charge in [-0.1, -0.05) is 24.3 Å². The van der Waals surface area contributed by atoms with Crippen molar-refractivity contribution in [3.63, 3.8) is 0 Å². The van der Waals surface area contributed by atoms with Crippen LogP contribution in [-0.2, 0) is 17.8 Å². The Morgan fingerprint density at radius 2 is 1.81 bits per heavy atom. The van der Waals surface area contributed by atoms with Gasteiger partial charge in [-0.15, -0.1) is 0 Å². The number of nitrogens with zero attached hydrogens (tertiary/aromatic N) is 3. The molecule has 8 heteroatoms. The van der Waals surface area contributed by atoms with E-state index in [1.54, 1.807) is 4.57 Å². The normalized spacial score (nSPS) is 16.8. The number of hydrogen-bond donors (Lipinski definition) is 2. The Hall–Kier alpha value is -3.20. The van der Waals surface area contributed by atoms with E-state index in [1.165, 1.54) is 5.56 Å². The topological polar surface area (TPSA) is 87.0 Å². The van der Waals surface area contributed by atoms with E-state index in [9.17, 15) is 14.7 Å². The zero-order chi connectivity index (χ0) is 25.4. The molecule has 0 atom stereocenters. The van der Waals surface area contributed by atoms with Gasteiger partial charge in [0.1, 0.15) is 5.60 Å². The highest BCUT2D eigenvalue weighted by Gasteiger charge is 2.28. The maximum Gasteiger partial charge on any atom is 0.419 e. The summed E-state index contributed by atoms with van der Waals surface area (Å²) in [6, 6.07) is 13.9. The van der Waals surface area contributed by atoms with Crippen LogP contribution in [0.3, 0.4) is 0 Å². The number of ether oxygens (including phenoxy) is 1. The third-order valence-electron chi connectivity index (χ3n) is 6.82. The van der Waals surface area contributed by atoms with Gasteiger partial charge < -0.3 is 15.2 Å². The van der Waals surface area contributed by atoms with Gasteiger partial charge in [0.2, 0.25) is 0 Å². The minimum absolute atomic E-state index is 0.123. The molecule has 0 spiro atoms. The Bertz CT molecular complexity index is 1300. The van der Waals surface area contributed by atoms with Gasteiger partial charge in [-0.3, -0.25) is 14.6 Å². The summed E-state index contributed by atoms with van der Waals surface area (Å²) in [6.07, 6.45) is -0.462. The molecule has 3 aromatic rings. The van der Waals surface area contributed by atoms with Gasteiger partial charge in [-0.2, -0.15) is 0 Å². The van der Waals surface area contributed by atoms with Crippen LogP contribution in [0.25, 0.3) is 22.2 Å². The number of piperazine rings is 1. The molecular formula is C28H34N4O4. The van der Waals surface area contributed by atoms with E-state index in [-0.39, 0.29) is 12.5 Å². The molecule has 0 bridgehead atoms. The third kappa shape index (κ3) is 4.89. The number of amides is 1. The highest BCUT2D eigenvalue weighted by Crippen LogP contribution is 2.35. The predicted molar refractivity (Wildman–Crippen MR) is 139 cm³/mol. The fourth-order valence-corrected chi connectivity index (χ4v) is 5.13. The van der Waals surface area contributed by atoms with Crippen LogP contribution in [0.15, 0.2) is 42.5 Å². The number of aliphatic hydroxyl groups excluding tert-OH is 1. The first-order valence-corrected chi connectivity index (χ1v) is 12.6. The molecule has 2 aromatic carbocycles. The Kier molecular flexibility index (Phi) is 6.59. The Balaban J connectivity index is 1.52. The van der Waals surface area contributed by atoms with Crippen molar-refractivity contribution >= 4 is 22.9 Å². The highest BCUT2D eigenvalue weighted by molar-refractivity contribution is 6.06. The van der Waals surface area contributed by atoms with Gasteiger partial charge in [-0.05, 0) is 50.1 Å². The summed E-state index contributed by atoms with van der Waals surface area (Å²) in [5.41, 5.74) is 4.20. The predicted octanol–water partition coefficient (Wildman–Crippen LogP) is 3.44. The first kappa shape index (κ1) is 24.5. The van der Waals surface area contributed by atoms with Gasteiger partial charge >= 0.3 is 6.09 Å². The van der Waals surface area contributed by atoms with Crippen molar-refractivity contribution in [3.05, 3.63) is 59.2 Å². The molecule has 0 radical (unpaired) electrons. The van der Waals surface area contributed by atoms with Crippen LogP contribution in [0.2, 0.25) is 0 Å². The second kappa shape index (κ2) is 9.69. The van der Waals surface area contributed by atoms with Crippen LogP contribution in [0.4, 0.5) is 4.79 Å². The molecule has 1 amide bonds. The number of carbonyl (C=O) groups excluding carboxylic acids is 2. The van der Waals surface area contributed by atoms with Crippen LogP contribution in [0.5, 0.6) is 0 Å². The molecule has 36 heavy (non-hydrogen) atoms. The summed E-state index contributed by atoms with van der Waals surface area (Å²) in [6.45, 7) is 11.6. The van der Waals surface area contributed by atoms with E-state index in [0.29, 0.717) is 17.8 Å². The lowest BCUT2D eigenvalue weighted by molar-refractivity contribution is 0.0547. The molecular weight excluding hydrogens is 456 g/mol. The molecule has 2 aliphatic heterocycles. The SMILES string of the molecule is CC(C)(C)OC(=O)n1c(-c2cccc3c2C(=O)NC3)cc2cc(CN3CCN(CCO)CC3)ccc21. The Morgan fingerprint density at radius 1 is 1.06 bits per heavy atom. The number of nitrogens with one attached hydrogen (secondary N) is 1. The molecule has 190 valence electrons. The Labute approximate surface area is 211 Å². The largest absolute Gasteiger partial charge is 0.443 e. The number of hydrogen-bond acceptors (Lipinski definition) is 6. The summed E-state index contributed by atoms with van der Waals surface area (Å²) in [5.74, 6) is -0.123. The van der Waals surface area contributed by atoms with Crippen LogP contribution in [-0.4, -0.2) is 76.4 Å². The molecule has 2 aliphatic rings. The molecule has 0 saturated carbocycles. The standard InChI is InChI=1S/C28H34N4O4/c1-28(2,3)36-27(35)32-23-8-7-19(18-31-11-9-30(10-12-31)13-14-33)15-21(23)16-24(32)22-6-4-5-20-17-29-26(34)25(20)22/h4-8,15-16,33H,9-14,17-18H2,1-3H3,(H,29,34). The molecule has 1 saturated heterocycles. The molecule has 3 heterocycles. The molecule has 2 N–H and O–H groups in total. The second-order valence-electron chi connectivity index (χ2n) is 10.6. The average Bonchev–Trinajstić information content (AvgIpc) is 3.40. The van der Waals surface area contributed by atoms with Gasteiger partial charge in [-0.25, -0.2) is 9.36 Å². The number of aliphatic hydroxyl groups is 1. The monoisotopic (exact) mass is 490 g/mol. The van der Waals surface area contributed by atoms with Crippen molar-refractivity contribution < 1.29 is 19.4 Å². The van der Waals surface area contributed by atoms with Gasteiger partial charge in [0, 0.05) is 56.8 Å². The fraction of sp³-hybridized carbons (Fsp3) is 0.429. The van der Waals surface area contributed by atoms with E-state index in [0.717, 1.165) is 61.3 Å². The van der Waals surface area contributed by atoms with Gasteiger partial charge in [0.05, 0.1) is 23.4 Å². The van der Waals surface area contributed by atoms with Crippen LogP contribution >= 0.6 is 0 Å². The lowest BCUT2D eigenvalue weighted by atomic mass is 10.0. The third-order valence-corrected chi connectivity index (χ3v) is 6.82. The van der Waals surface area contributed by atoms with E-state index in [4.69, 9.17) is 4.74 Å². The number of aromatic nitrogens is 1. The maximum absolute atomic E-state index is 13.4. The minimum atomic E-state index is -0.654. The zero-order valence-electron chi connectivity index (χ0n) is 21.2. The van der Waals surface area contributed by atoms with Crippen molar-refractivity contribution in [3.8, 4) is 11.3 Å². The first-order valence-electron chi connectivity index (χ1n) is 12.6. The van der Waals surface area contributed by atoms with E-state index < -0.39 is 11.7 Å². The van der Waals surface area contributed by atoms with Crippen LogP contribution in [0, 0.1) is 0 Å². The first-order chi connectivity index (χ1) is 17.2. The maximum atomic E-state index is 13.4. The molecule has 1 fully saturated rings. The Morgan fingerprint density at radius 3 is 2.53 bits per heavy atom.